The maximum atomic E-state index is 12.3. The van der Waals surface area contributed by atoms with Crippen LogP contribution < -0.4 is 10.9 Å². The van der Waals surface area contributed by atoms with Crippen molar-refractivity contribution >= 4 is 22.9 Å². The molecule has 198 valence electrons. The van der Waals surface area contributed by atoms with Crippen LogP contribution >= 0.6 is 0 Å². The van der Waals surface area contributed by atoms with Crippen molar-refractivity contribution in [2.45, 2.75) is 58.8 Å². The van der Waals surface area contributed by atoms with Crippen LogP contribution in [0.2, 0.25) is 0 Å². The second-order valence-corrected chi connectivity index (χ2v) is 10.1. The number of nitrogens with zero attached hydrogens (tertiary/aromatic N) is 4. The normalized spacial score (nSPS) is 17.6. The van der Waals surface area contributed by atoms with E-state index in [0.717, 1.165) is 47.4 Å². The average molecular weight is 510 g/mol. The first-order valence-corrected chi connectivity index (χ1v) is 12.6. The largest absolute Gasteiger partial charge is 0.480 e. The van der Waals surface area contributed by atoms with E-state index in [0.29, 0.717) is 18.7 Å². The van der Waals surface area contributed by atoms with E-state index < -0.39 is 18.1 Å². The summed E-state index contributed by atoms with van der Waals surface area (Å²) in [6.07, 6.45) is 2.68. The van der Waals surface area contributed by atoms with E-state index in [2.05, 4.69) is 9.88 Å². The molecule has 1 saturated heterocycles. The molecule has 4 rings (SSSR count). The summed E-state index contributed by atoms with van der Waals surface area (Å²) >= 11 is 0. The molecule has 3 N–H and O–H groups in total. The fourth-order valence-electron chi connectivity index (χ4n) is 5.13. The zero-order valence-corrected chi connectivity index (χ0v) is 21.8. The lowest BCUT2D eigenvalue weighted by Crippen LogP contribution is -2.44. The second-order valence-electron chi connectivity index (χ2n) is 10.1. The number of aryl methyl sites for hydroxylation is 2. The third kappa shape index (κ3) is 5.75. The standard InChI is InChI=1S/C27H35N5O5/c1-16-10-21(15-30(4)26(16)35)25-29-22-8-7-19(12-28-24(17(2)33)27(36)37)11-23(22)32(25)14-20-6-5-9-31(13-20)18(3)34/h7-8,10-11,15,17,20,24,28,33H,5-6,9,12-14H2,1-4H3,(H,36,37)/t17-,20-,24+/m1/s1. The summed E-state index contributed by atoms with van der Waals surface area (Å²) in [5.41, 5.74) is 3.93. The lowest BCUT2D eigenvalue weighted by atomic mass is 9.97. The Kier molecular flexibility index (Phi) is 7.79. The van der Waals surface area contributed by atoms with Crippen LogP contribution in [0.3, 0.4) is 0 Å². The molecule has 10 heteroatoms. The van der Waals surface area contributed by atoms with E-state index >= 15 is 0 Å². The quantitative estimate of drug-likeness (QED) is 0.423. The maximum absolute atomic E-state index is 12.3. The molecule has 3 heterocycles. The van der Waals surface area contributed by atoms with E-state index in [1.807, 2.05) is 29.2 Å². The Labute approximate surface area is 215 Å². The number of amides is 1. The highest BCUT2D eigenvalue weighted by molar-refractivity contribution is 5.81. The molecule has 0 unspecified atom stereocenters. The van der Waals surface area contributed by atoms with Crippen molar-refractivity contribution in [2.75, 3.05) is 13.1 Å². The number of benzene rings is 1. The summed E-state index contributed by atoms with van der Waals surface area (Å²) in [4.78, 5) is 42.6. The van der Waals surface area contributed by atoms with Gasteiger partial charge in [0.1, 0.15) is 11.9 Å². The highest BCUT2D eigenvalue weighted by Gasteiger charge is 2.25. The molecule has 1 amide bonds. The highest BCUT2D eigenvalue weighted by Crippen LogP contribution is 2.29. The Hall–Kier alpha value is -3.50. The minimum absolute atomic E-state index is 0.0600. The number of carbonyl (C=O) groups is 2. The van der Waals surface area contributed by atoms with E-state index in [1.54, 1.807) is 31.7 Å². The molecular formula is C27H35N5O5. The number of aliphatic hydroxyl groups is 1. The predicted octanol–water partition coefficient (Wildman–Crippen LogP) is 1.89. The number of carboxylic acids is 1. The molecule has 10 nitrogen and oxygen atoms in total. The van der Waals surface area contributed by atoms with Crippen LogP contribution in [0.15, 0.2) is 35.3 Å². The summed E-state index contributed by atoms with van der Waals surface area (Å²) in [5, 5.41) is 22.1. The summed E-state index contributed by atoms with van der Waals surface area (Å²) in [5.74, 6) is -0.0451. The number of carbonyl (C=O) groups excluding carboxylic acids is 1. The average Bonchev–Trinajstić information content (AvgIpc) is 3.19. The van der Waals surface area contributed by atoms with Gasteiger partial charge in [0.05, 0.1) is 17.1 Å². The van der Waals surface area contributed by atoms with Gasteiger partial charge in [-0.15, -0.1) is 0 Å². The first kappa shape index (κ1) is 26.6. The number of likely N-dealkylation sites (tertiary alicyclic amines) is 1. The topological polar surface area (TPSA) is 130 Å². The highest BCUT2D eigenvalue weighted by atomic mass is 16.4. The molecule has 0 bridgehead atoms. The Morgan fingerprint density at radius 2 is 2.03 bits per heavy atom. The van der Waals surface area contributed by atoms with Crippen molar-refractivity contribution in [1.29, 1.82) is 0 Å². The van der Waals surface area contributed by atoms with Crippen molar-refractivity contribution in [3.05, 3.63) is 51.9 Å². The van der Waals surface area contributed by atoms with Crippen LogP contribution in [0, 0.1) is 12.8 Å². The number of hydrogen-bond acceptors (Lipinski definition) is 6. The minimum atomic E-state index is -1.11. The number of imidazole rings is 1. The van der Waals surface area contributed by atoms with Crippen LogP contribution in [0.25, 0.3) is 22.4 Å². The van der Waals surface area contributed by atoms with Crippen molar-refractivity contribution in [1.82, 2.24) is 24.3 Å². The lowest BCUT2D eigenvalue weighted by Gasteiger charge is -2.32. The molecule has 0 saturated carbocycles. The van der Waals surface area contributed by atoms with Crippen LogP contribution in [0.4, 0.5) is 0 Å². The van der Waals surface area contributed by atoms with Crippen molar-refractivity contribution in [3.8, 4) is 11.4 Å². The Morgan fingerprint density at radius 3 is 2.68 bits per heavy atom. The number of hydrogen-bond donors (Lipinski definition) is 3. The molecule has 0 spiro atoms. The van der Waals surface area contributed by atoms with Gasteiger partial charge < -0.3 is 24.2 Å². The van der Waals surface area contributed by atoms with Crippen molar-refractivity contribution < 1.29 is 19.8 Å². The van der Waals surface area contributed by atoms with E-state index in [-0.39, 0.29) is 23.9 Å². The van der Waals surface area contributed by atoms with Gasteiger partial charge in [0, 0.05) is 57.5 Å². The molecule has 3 aromatic rings. The Morgan fingerprint density at radius 1 is 1.27 bits per heavy atom. The molecule has 0 radical (unpaired) electrons. The lowest BCUT2D eigenvalue weighted by molar-refractivity contribution is -0.142. The third-order valence-corrected chi connectivity index (χ3v) is 7.11. The molecule has 1 aliphatic heterocycles. The smallest absolute Gasteiger partial charge is 0.323 e. The SMILES string of the molecule is CC(=O)N1CCC[C@@H](Cn2c(-c3cc(C)c(=O)n(C)c3)nc3ccc(CN[C@H](C(=O)O)[C@@H](C)O)cc32)C1. The van der Waals surface area contributed by atoms with Gasteiger partial charge in [0.15, 0.2) is 0 Å². The number of aromatic nitrogens is 3. The number of nitrogens with one attached hydrogen (secondary N) is 1. The van der Waals surface area contributed by atoms with E-state index in [4.69, 9.17) is 4.98 Å². The first-order valence-electron chi connectivity index (χ1n) is 12.6. The molecule has 0 aliphatic carbocycles. The number of aliphatic hydroxyl groups excluding tert-OH is 1. The van der Waals surface area contributed by atoms with E-state index in [9.17, 15) is 24.6 Å². The fourth-order valence-corrected chi connectivity index (χ4v) is 5.13. The van der Waals surface area contributed by atoms with Crippen LogP contribution in [0.1, 0.15) is 37.8 Å². The van der Waals surface area contributed by atoms with Gasteiger partial charge in [-0.2, -0.15) is 0 Å². The molecule has 1 aliphatic rings. The number of fused-ring (bicyclic) bond motifs is 1. The Bertz CT molecular complexity index is 1350. The fraction of sp³-hybridized carbons (Fsp3) is 0.481. The van der Waals surface area contributed by atoms with Gasteiger partial charge >= 0.3 is 5.97 Å². The van der Waals surface area contributed by atoms with Gasteiger partial charge in [0.2, 0.25) is 5.91 Å². The van der Waals surface area contributed by atoms with Gasteiger partial charge in [-0.3, -0.25) is 19.7 Å². The summed E-state index contributed by atoms with van der Waals surface area (Å²) < 4.78 is 3.71. The summed E-state index contributed by atoms with van der Waals surface area (Å²) in [7, 11) is 1.72. The van der Waals surface area contributed by atoms with Crippen molar-refractivity contribution in [2.24, 2.45) is 13.0 Å². The molecular weight excluding hydrogens is 474 g/mol. The Balaban J connectivity index is 1.75. The number of rotatable bonds is 8. The molecule has 37 heavy (non-hydrogen) atoms. The molecule has 3 atom stereocenters. The number of aliphatic carboxylic acids is 1. The van der Waals surface area contributed by atoms with E-state index in [1.165, 1.54) is 6.92 Å². The zero-order valence-electron chi connectivity index (χ0n) is 21.8. The van der Waals surface area contributed by atoms with Crippen LogP contribution in [0.5, 0.6) is 0 Å². The van der Waals surface area contributed by atoms with Gasteiger partial charge in [0.25, 0.3) is 5.56 Å². The zero-order chi connectivity index (χ0) is 26.9. The summed E-state index contributed by atoms with van der Waals surface area (Å²) in [6, 6.07) is 6.55. The minimum Gasteiger partial charge on any atom is -0.480 e. The molecule has 1 aromatic carbocycles. The predicted molar refractivity (Wildman–Crippen MR) is 140 cm³/mol. The van der Waals surface area contributed by atoms with Gasteiger partial charge in [-0.1, -0.05) is 6.07 Å². The van der Waals surface area contributed by atoms with Gasteiger partial charge in [-0.05, 0) is 56.4 Å². The summed E-state index contributed by atoms with van der Waals surface area (Å²) in [6.45, 7) is 7.20. The maximum Gasteiger partial charge on any atom is 0.323 e. The number of carboxylic acid groups (broad SMARTS) is 1. The van der Waals surface area contributed by atoms with Crippen LogP contribution in [-0.4, -0.2) is 66.3 Å². The third-order valence-electron chi connectivity index (χ3n) is 7.11. The number of pyridine rings is 1. The molecule has 2 aromatic heterocycles. The molecule has 1 fully saturated rings. The van der Waals surface area contributed by atoms with Crippen molar-refractivity contribution in [3.63, 3.8) is 0 Å². The number of piperidine rings is 1. The first-order chi connectivity index (χ1) is 17.5. The monoisotopic (exact) mass is 509 g/mol. The van der Waals surface area contributed by atoms with Gasteiger partial charge in [-0.25, -0.2) is 4.98 Å². The second kappa shape index (κ2) is 10.9. The van der Waals surface area contributed by atoms with Crippen LogP contribution in [-0.2, 0) is 29.7 Å².